The summed E-state index contributed by atoms with van der Waals surface area (Å²) in [6.45, 7) is 1.65. The highest BCUT2D eigenvalue weighted by Crippen LogP contribution is 2.39. The molecule has 0 bridgehead atoms. The number of ether oxygens (including phenoxy) is 1. The van der Waals surface area contributed by atoms with Crippen molar-refractivity contribution in [2.24, 2.45) is 0 Å². The van der Waals surface area contributed by atoms with Crippen molar-refractivity contribution in [2.75, 3.05) is 38.7 Å². The summed E-state index contributed by atoms with van der Waals surface area (Å²) in [5.74, 6) is -0.656. The van der Waals surface area contributed by atoms with E-state index >= 15 is 0 Å². The summed E-state index contributed by atoms with van der Waals surface area (Å²) < 4.78 is 5.27. The maximum Gasteiger partial charge on any atom is 0.276 e. The van der Waals surface area contributed by atoms with Gasteiger partial charge in [-0.1, -0.05) is 0 Å². The molecule has 2 aromatic heterocycles. The molecule has 11 nitrogen and oxygen atoms in total. The van der Waals surface area contributed by atoms with Gasteiger partial charge in [0.05, 0.1) is 42.7 Å². The van der Waals surface area contributed by atoms with Gasteiger partial charge >= 0.3 is 0 Å². The lowest BCUT2D eigenvalue weighted by Gasteiger charge is -2.27. The van der Waals surface area contributed by atoms with E-state index in [0.717, 1.165) is 18.5 Å². The fourth-order valence-electron chi connectivity index (χ4n) is 3.41. The van der Waals surface area contributed by atoms with E-state index in [1.807, 2.05) is 6.07 Å². The van der Waals surface area contributed by atoms with E-state index in [1.54, 1.807) is 25.5 Å². The van der Waals surface area contributed by atoms with Crippen LogP contribution in [0.2, 0.25) is 0 Å². The summed E-state index contributed by atoms with van der Waals surface area (Å²) in [5.41, 5.74) is 1.83. The van der Waals surface area contributed by atoms with Crippen LogP contribution in [0.25, 0.3) is 0 Å². The van der Waals surface area contributed by atoms with Crippen molar-refractivity contribution < 1.29 is 14.3 Å². The Morgan fingerprint density at radius 1 is 1.18 bits per heavy atom. The lowest BCUT2D eigenvalue weighted by Crippen LogP contribution is -2.46. The highest BCUT2D eigenvalue weighted by molar-refractivity contribution is 6.44. The summed E-state index contributed by atoms with van der Waals surface area (Å²) >= 11 is 0. The van der Waals surface area contributed by atoms with Crippen LogP contribution in [-0.2, 0) is 9.53 Å². The van der Waals surface area contributed by atoms with Gasteiger partial charge in [-0.25, -0.2) is 15.0 Å². The number of rotatable bonds is 8. The summed E-state index contributed by atoms with van der Waals surface area (Å²) in [7, 11) is 1.63. The van der Waals surface area contributed by atoms with Crippen LogP contribution >= 0.6 is 0 Å². The molecule has 2 aliphatic rings. The van der Waals surface area contributed by atoms with Gasteiger partial charge in [0.1, 0.15) is 12.0 Å². The minimum Gasteiger partial charge on any atom is -0.392 e. The molecule has 1 aliphatic heterocycles. The number of aromatic nitrogens is 3. The number of carbonyl (C=O) groups excluding carboxylic acids is 2. The number of amides is 2. The number of hydrogen-bond acceptors (Lipinski definition) is 9. The van der Waals surface area contributed by atoms with Crippen molar-refractivity contribution in [1.29, 1.82) is 5.41 Å². The van der Waals surface area contributed by atoms with Crippen LogP contribution < -0.4 is 16.0 Å². The fraction of sp³-hybridized carbons (Fsp3) is 0.364. The topological polar surface area (TPSA) is 145 Å². The van der Waals surface area contributed by atoms with Gasteiger partial charge in [-0.3, -0.25) is 15.0 Å². The Morgan fingerprint density at radius 3 is 2.58 bits per heavy atom. The highest BCUT2D eigenvalue weighted by atomic mass is 16.5. The minimum absolute atomic E-state index is 0.0617. The largest absolute Gasteiger partial charge is 0.392 e. The van der Waals surface area contributed by atoms with Crippen LogP contribution in [-0.4, -0.2) is 70.7 Å². The smallest absolute Gasteiger partial charge is 0.276 e. The van der Waals surface area contributed by atoms with Crippen molar-refractivity contribution in [2.45, 2.75) is 18.8 Å². The second-order valence-electron chi connectivity index (χ2n) is 7.74. The van der Waals surface area contributed by atoms with E-state index in [1.165, 1.54) is 17.4 Å². The van der Waals surface area contributed by atoms with Crippen LogP contribution in [0.5, 0.6) is 0 Å². The molecule has 33 heavy (non-hydrogen) atoms. The lowest BCUT2D eigenvalue weighted by molar-refractivity contribution is -0.128. The molecular weight excluding hydrogens is 424 g/mol. The first-order valence-electron chi connectivity index (χ1n) is 10.7. The molecule has 172 valence electrons. The zero-order valence-electron chi connectivity index (χ0n) is 18.3. The SMILES string of the molecule is CN/C=C(/NC(=O)c1nc(C2CC2)ccc1Nc1cncnc1)C(=N)C(=O)N1CCOCC1. The van der Waals surface area contributed by atoms with E-state index in [2.05, 4.69) is 30.9 Å². The Bertz CT molecular complexity index is 1060. The van der Waals surface area contributed by atoms with Crippen LogP contribution in [0, 0.1) is 5.41 Å². The van der Waals surface area contributed by atoms with Crippen molar-refractivity contribution in [3.8, 4) is 0 Å². The average Bonchev–Trinajstić information content (AvgIpc) is 3.70. The number of pyridine rings is 1. The third kappa shape index (κ3) is 5.50. The van der Waals surface area contributed by atoms with Gasteiger partial charge in [-0.15, -0.1) is 0 Å². The summed E-state index contributed by atoms with van der Waals surface area (Å²) in [4.78, 5) is 40.2. The maximum absolute atomic E-state index is 13.3. The van der Waals surface area contributed by atoms with Crippen LogP contribution in [0.3, 0.4) is 0 Å². The Hall–Kier alpha value is -3.86. The zero-order chi connectivity index (χ0) is 23.2. The van der Waals surface area contributed by atoms with E-state index in [0.29, 0.717) is 43.6 Å². The van der Waals surface area contributed by atoms with Gasteiger partial charge in [0.25, 0.3) is 11.8 Å². The minimum atomic E-state index is -0.530. The molecule has 0 unspecified atom stereocenters. The van der Waals surface area contributed by atoms with Crippen LogP contribution in [0.1, 0.15) is 34.9 Å². The van der Waals surface area contributed by atoms with Crippen molar-refractivity contribution in [1.82, 2.24) is 30.5 Å². The second-order valence-corrected chi connectivity index (χ2v) is 7.74. The first-order valence-corrected chi connectivity index (χ1v) is 10.7. The normalized spacial score (nSPS) is 16.2. The van der Waals surface area contributed by atoms with E-state index in [9.17, 15) is 9.59 Å². The molecule has 11 heteroatoms. The van der Waals surface area contributed by atoms with E-state index in [4.69, 9.17) is 10.1 Å². The van der Waals surface area contributed by atoms with E-state index < -0.39 is 11.8 Å². The molecule has 1 aliphatic carbocycles. The first kappa shape index (κ1) is 22.3. The summed E-state index contributed by atoms with van der Waals surface area (Å²) in [6, 6.07) is 3.70. The predicted octanol–water partition coefficient (Wildman–Crippen LogP) is 1.16. The molecule has 1 saturated carbocycles. The maximum atomic E-state index is 13.3. The number of nitrogens with zero attached hydrogens (tertiary/aromatic N) is 4. The lowest BCUT2D eigenvalue weighted by atomic mass is 10.1. The summed E-state index contributed by atoms with van der Waals surface area (Å²) in [5, 5.41) is 17.0. The number of carbonyl (C=O) groups is 2. The second kappa shape index (κ2) is 10.2. The molecule has 2 amide bonds. The Morgan fingerprint density at radius 2 is 1.91 bits per heavy atom. The van der Waals surface area contributed by atoms with Crippen LogP contribution in [0.15, 0.2) is 42.8 Å². The number of hydrogen-bond donors (Lipinski definition) is 4. The van der Waals surface area contributed by atoms with E-state index in [-0.39, 0.29) is 17.1 Å². The Balaban J connectivity index is 1.57. The molecule has 0 spiro atoms. The van der Waals surface area contributed by atoms with Gasteiger partial charge in [0.2, 0.25) is 0 Å². The molecule has 2 aromatic rings. The van der Waals surface area contributed by atoms with Gasteiger partial charge in [0, 0.05) is 37.9 Å². The number of morpholine rings is 1. The third-order valence-corrected chi connectivity index (χ3v) is 5.29. The molecule has 0 aromatic carbocycles. The van der Waals surface area contributed by atoms with Crippen molar-refractivity contribution >= 4 is 28.9 Å². The standard InChI is InChI=1S/C22H26N8O3/c1-24-12-18(19(23)22(32)30-6-8-33-9-7-30)29-21(31)20-17(27-15-10-25-13-26-11-15)5-4-16(28-20)14-2-3-14/h4-5,10-14,23-24,27H,2-3,6-9H2,1H3,(H,29,31)/b18-12+,23-19?. The molecule has 0 radical (unpaired) electrons. The molecule has 4 rings (SSSR count). The van der Waals surface area contributed by atoms with Gasteiger partial charge in [-0.2, -0.15) is 0 Å². The van der Waals surface area contributed by atoms with Gasteiger partial charge in [-0.05, 0) is 25.0 Å². The average molecular weight is 451 g/mol. The molecule has 3 heterocycles. The highest BCUT2D eigenvalue weighted by Gasteiger charge is 2.28. The summed E-state index contributed by atoms with van der Waals surface area (Å²) in [6.07, 6.45) is 8.09. The zero-order valence-corrected chi connectivity index (χ0v) is 18.3. The van der Waals surface area contributed by atoms with Gasteiger partial charge in [0.15, 0.2) is 5.69 Å². The Labute approximate surface area is 191 Å². The molecular formula is C22H26N8O3. The monoisotopic (exact) mass is 450 g/mol. The fourth-order valence-corrected chi connectivity index (χ4v) is 3.41. The molecule has 2 fully saturated rings. The number of anilines is 2. The van der Waals surface area contributed by atoms with Crippen molar-refractivity contribution in [3.05, 3.63) is 54.1 Å². The molecule has 4 N–H and O–H groups in total. The predicted molar refractivity (Wildman–Crippen MR) is 121 cm³/mol. The van der Waals surface area contributed by atoms with Crippen LogP contribution in [0.4, 0.5) is 11.4 Å². The van der Waals surface area contributed by atoms with Gasteiger partial charge < -0.3 is 25.6 Å². The molecule has 1 saturated heterocycles. The first-order chi connectivity index (χ1) is 16.1. The Kier molecular flexibility index (Phi) is 6.89. The van der Waals surface area contributed by atoms with Crippen molar-refractivity contribution in [3.63, 3.8) is 0 Å². The third-order valence-electron chi connectivity index (χ3n) is 5.29. The molecule has 0 atom stereocenters. The quantitative estimate of drug-likeness (QED) is 0.439. The number of nitrogens with one attached hydrogen (secondary N) is 4.